The molecule has 5 rings (SSSR count). The summed E-state index contributed by atoms with van der Waals surface area (Å²) in [4.78, 5) is 13.3. The Hall–Kier alpha value is -3.13. The van der Waals surface area contributed by atoms with Gasteiger partial charge in [-0.2, -0.15) is 5.10 Å². The third-order valence-electron chi connectivity index (χ3n) is 5.66. The Balaban J connectivity index is 1.64. The molecule has 1 N–H and O–H groups in total. The summed E-state index contributed by atoms with van der Waals surface area (Å²) in [6.07, 6.45) is 1.09. The fraction of sp³-hybridized carbons (Fsp3) is 0.364. The lowest BCUT2D eigenvalue weighted by Crippen LogP contribution is -2.56. The van der Waals surface area contributed by atoms with E-state index >= 15 is 0 Å². The maximum Gasteiger partial charge on any atom is 0.336 e. The predicted octanol–water partition coefficient (Wildman–Crippen LogP) is 3.86. The van der Waals surface area contributed by atoms with Gasteiger partial charge in [-0.3, -0.25) is 10.2 Å². The molecule has 1 unspecified atom stereocenters. The molecule has 1 aromatic carbocycles. The molecular weight excluding hydrogens is 416 g/mol. The van der Waals surface area contributed by atoms with E-state index in [-0.39, 0.29) is 11.2 Å². The van der Waals surface area contributed by atoms with Gasteiger partial charge in [0.05, 0.1) is 11.3 Å². The summed E-state index contributed by atoms with van der Waals surface area (Å²) in [5.41, 5.74) is 6.36. The molecule has 8 nitrogen and oxygen atoms in total. The first-order valence-electron chi connectivity index (χ1n) is 10.2. The van der Waals surface area contributed by atoms with E-state index in [0.717, 1.165) is 17.0 Å². The Morgan fingerprint density at radius 3 is 2.71 bits per heavy atom. The number of hydrogen-bond donors (Lipinski definition) is 1. The van der Waals surface area contributed by atoms with Gasteiger partial charge in [-0.15, -0.1) is 5.10 Å². The van der Waals surface area contributed by atoms with Crippen molar-refractivity contribution in [3.63, 3.8) is 0 Å². The lowest BCUT2D eigenvalue weighted by atomic mass is 9.73. The van der Waals surface area contributed by atoms with Crippen molar-refractivity contribution in [1.29, 1.82) is 0 Å². The molecule has 0 saturated carbocycles. The van der Waals surface area contributed by atoms with Crippen LogP contribution in [0.4, 0.5) is 0 Å². The second-order valence-corrected chi connectivity index (χ2v) is 9.40. The molecule has 0 fully saturated rings. The summed E-state index contributed by atoms with van der Waals surface area (Å²) < 4.78 is 7.79. The smallest absolute Gasteiger partial charge is 0.336 e. The second kappa shape index (κ2) is 6.95. The molecule has 160 valence electrons. The van der Waals surface area contributed by atoms with E-state index in [2.05, 4.69) is 34.6 Å². The van der Waals surface area contributed by atoms with Gasteiger partial charge in [0.25, 0.3) is 5.96 Å². The highest BCUT2D eigenvalue weighted by Gasteiger charge is 2.46. The number of nitrogens with one attached hydrogen (secondary N) is 1. The minimum atomic E-state index is -0.452. The highest BCUT2D eigenvalue weighted by Crippen LogP contribution is 2.46. The Kier molecular flexibility index (Phi) is 4.44. The first kappa shape index (κ1) is 19.8. The molecule has 31 heavy (non-hydrogen) atoms. The Morgan fingerprint density at radius 1 is 1.19 bits per heavy atom. The average molecular weight is 439 g/mol. The van der Waals surface area contributed by atoms with Crippen molar-refractivity contribution in [2.75, 3.05) is 0 Å². The third-order valence-corrected chi connectivity index (χ3v) is 5.89. The van der Waals surface area contributed by atoms with Crippen molar-refractivity contribution in [2.24, 2.45) is 15.6 Å². The van der Waals surface area contributed by atoms with Crippen molar-refractivity contribution >= 4 is 29.4 Å². The number of fused-ring (bicyclic) bond motifs is 1. The van der Waals surface area contributed by atoms with Gasteiger partial charge < -0.3 is 4.74 Å². The van der Waals surface area contributed by atoms with E-state index in [1.807, 2.05) is 44.2 Å². The van der Waals surface area contributed by atoms with E-state index in [1.54, 1.807) is 9.69 Å². The van der Waals surface area contributed by atoms with E-state index in [9.17, 15) is 4.79 Å². The highest BCUT2D eigenvalue weighted by atomic mass is 35.5. The number of ketones is 1. The van der Waals surface area contributed by atoms with Gasteiger partial charge >= 0.3 is 6.02 Å². The van der Waals surface area contributed by atoms with Crippen LogP contribution in [-0.2, 0) is 9.53 Å². The molecule has 1 atom stereocenters. The fourth-order valence-corrected chi connectivity index (χ4v) is 4.60. The number of aryl methyl sites for hydroxylation is 2. The van der Waals surface area contributed by atoms with Gasteiger partial charge in [0.15, 0.2) is 5.78 Å². The number of aromatic nitrogens is 2. The Morgan fingerprint density at radius 2 is 2.00 bits per heavy atom. The average Bonchev–Trinajstić information content (AvgIpc) is 3.03. The van der Waals surface area contributed by atoms with Gasteiger partial charge in [0.2, 0.25) is 0 Å². The zero-order chi connectivity index (χ0) is 21.9. The highest BCUT2D eigenvalue weighted by molar-refractivity contribution is 6.30. The fourth-order valence-electron chi connectivity index (χ4n) is 4.40. The van der Waals surface area contributed by atoms with Crippen LogP contribution in [0.2, 0.25) is 5.02 Å². The molecule has 1 aromatic heterocycles. The lowest BCUT2D eigenvalue weighted by molar-refractivity contribution is -0.119. The molecular formula is C22H23ClN6O2. The monoisotopic (exact) mass is 438 g/mol. The van der Waals surface area contributed by atoms with Crippen molar-refractivity contribution in [1.82, 2.24) is 20.2 Å². The molecule has 0 amide bonds. The van der Waals surface area contributed by atoms with Gasteiger partial charge in [-0.25, -0.2) is 9.69 Å². The number of Topliss-reactive ketones (excluding diaryl/α,β-unsaturated/α-hetero) is 1. The summed E-state index contributed by atoms with van der Waals surface area (Å²) in [6.45, 7) is 8.00. The van der Waals surface area contributed by atoms with E-state index in [1.165, 1.54) is 0 Å². The number of benzene rings is 1. The van der Waals surface area contributed by atoms with E-state index in [4.69, 9.17) is 16.3 Å². The molecule has 0 bridgehead atoms. The van der Waals surface area contributed by atoms with E-state index < -0.39 is 6.04 Å². The molecule has 0 saturated heterocycles. The van der Waals surface area contributed by atoms with E-state index in [0.29, 0.717) is 41.2 Å². The number of carbonyl (C=O) groups excluding carboxylic acids is 1. The predicted molar refractivity (Wildman–Crippen MR) is 117 cm³/mol. The third kappa shape index (κ3) is 3.40. The van der Waals surface area contributed by atoms with Crippen LogP contribution in [0.15, 0.2) is 51.9 Å². The Bertz CT molecular complexity index is 1190. The number of rotatable bonds is 1. The van der Waals surface area contributed by atoms with Gasteiger partial charge in [-0.05, 0) is 43.0 Å². The summed E-state index contributed by atoms with van der Waals surface area (Å²) in [5, 5.41) is 15.4. The van der Waals surface area contributed by atoms with Crippen LogP contribution in [0.1, 0.15) is 49.7 Å². The molecule has 3 aliphatic rings. The molecule has 0 radical (unpaired) electrons. The zero-order valence-electron chi connectivity index (χ0n) is 17.8. The van der Waals surface area contributed by atoms with Crippen molar-refractivity contribution in [3.8, 4) is 0 Å². The second-order valence-electron chi connectivity index (χ2n) is 8.96. The van der Waals surface area contributed by atoms with Crippen LogP contribution in [0.25, 0.3) is 0 Å². The number of nitrogens with zero attached hydrogens (tertiary/aromatic N) is 5. The standard InChI is InChI=1S/C22H23ClN6O2/c1-12-8-13(2)28(26-12)20-24-25-21-29(27-20)19(14-6-5-7-15(23)9-14)18-16(30)10-22(3,4)11-17(18)31-21/h5-9,19H,10-11H2,1-4H3,(H,24,27). The van der Waals surface area contributed by atoms with Crippen LogP contribution in [0.5, 0.6) is 0 Å². The van der Waals surface area contributed by atoms with Crippen LogP contribution in [-0.4, -0.2) is 32.6 Å². The quantitative estimate of drug-likeness (QED) is 0.730. The maximum atomic E-state index is 13.3. The first-order valence-corrected chi connectivity index (χ1v) is 10.5. The molecule has 9 heteroatoms. The van der Waals surface area contributed by atoms with Crippen LogP contribution in [0.3, 0.4) is 0 Å². The number of hydrazine groups is 1. The minimum absolute atomic E-state index is 0.0623. The maximum absolute atomic E-state index is 13.3. The van der Waals surface area contributed by atoms with Crippen molar-refractivity contribution in [3.05, 3.63) is 63.6 Å². The van der Waals surface area contributed by atoms with Crippen LogP contribution >= 0.6 is 11.6 Å². The summed E-state index contributed by atoms with van der Waals surface area (Å²) in [6, 6.07) is 9.30. The number of amidine groups is 1. The number of allylic oxidation sites excluding steroid dienone is 1. The van der Waals surface area contributed by atoms with Crippen molar-refractivity contribution in [2.45, 2.75) is 46.6 Å². The normalized spacial score (nSPS) is 22.2. The summed E-state index contributed by atoms with van der Waals surface area (Å²) >= 11 is 6.30. The number of ether oxygens (including phenoxy) is 1. The van der Waals surface area contributed by atoms with Crippen LogP contribution in [0, 0.1) is 19.3 Å². The largest absolute Gasteiger partial charge is 0.427 e. The number of hydrogen-bond acceptors (Lipinski definition) is 7. The van der Waals surface area contributed by atoms with Gasteiger partial charge in [0.1, 0.15) is 11.8 Å². The van der Waals surface area contributed by atoms with Gasteiger partial charge in [0, 0.05) is 23.6 Å². The van der Waals surface area contributed by atoms with Crippen LogP contribution < -0.4 is 5.43 Å². The summed E-state index contributed by atoms with van der Waals surface area (Å²) in [5.74, 6) is 1.14. The zero-order valence-corrected chi connectivity index (χ0v) is 18.6. The topological polar surface area (TPSA) is 84.1 Å². The number of carbonyl (C=O) groups is 1. The molecule has 1 aliphatic carbocycles. The van der Waals surface area contributed by atoms with Gasteiger partial charge in [-0.1, -0.05) is 42.7 Å². The molecule has 3 heterocycles. The molecule has 2 aromatic rings. The SMILES string of the molecule is Cc1cc(C)n(C2=NN=C3OC4=C(C(=O)CC(C)(C)C4)C(c4cccc(Cl)c4)N3N2)n1. The first-order chi connectivity index (χ1) is 14.7. The Labute approximate surface area is 185 Å². The summed E-state index contributed by atoms with van der Waals surface area (Å²) in [7, 11) is 0. The van der Waals surface area contributed by atoms with Crippen molar-refractivity contribution < 1.29 is 9.53 Å². The molecule has 0 spiro atoms. The molecule has 2 aliphatic heterocycles. The number of halogens is 1. The lowest BCUT2D eigenvalue weighted by Gasteiger charge is -2.44. The minimum Gasteiger partial charge on any atom is -0.427 e.